The van der Waals surface area contributed by atoms with E-state index in [-0.39, 0.29) is 42.3 Å². The van der Waals surface area contributed by atoms with E-state index in [2.05, 4.69) is 0 Å². The SMILES string of the molecule is CC(C)(C)N(CC(=O)N(Cc1ccco1)C[C@H]1CCCO1)C(=O)c1ccc([N+](=O)[O-])cc1. The van der Waals surface area contributed by atoms with Gasteiger partial charge in [-0.1, -0.05) is 0 Å². The molecule has 2 heterocycles. The van der Waals surface area contributed by atoms with Crippen LogP contribution in [0.4, 0.5) is 5.69 Å². The molecule has 1 saturated heterocycles. The van der Waals surface area contributed by atoms with E-state index < -0.39 is 10.5 Å². The Bertz CT molecular complexity index is 928. The van der Waals surface area contributed by atoms with Crippen LogP contribution < -0.4 is 0 Å². The van der Waals surface area contributed by atoms with Crippen molar-refractivity contribution in [3.05, 3.63) is 64.1 Å². The van der Waals surface area contributed by atoms with Gasteiger partial charge < -0.3 is 19.0 Å². The average Bonchev–Trinajstić information content (AvgIpc) is 3.44. The molecular weight excluding hydrogens is 414 g/mol. The molecule has 0 bridgehead atoms. The Morgan fingerprint density at radius 3 is 2.44 bits per heavy atom. The topological polar surface area (TPSA) is 106 Å². The Morgan fingerprint density at radius 2 is 1.91 bits per heavy atom. The summed E-state index contributed by atoms with van der Waals surface area (Å²) in [7, 11) is 0. The van der Waals surface area contributed by atoms with E-state index in [1.807, 2.05) is 20.8 Å². The summed E-state index contributed by atoms with van der Waals surface area (Å²) in [5, 5.41) is 10.9. The van der Waals surface area contributed by atoms with Crippen molar-refractivity contribution in [2.75, 3.05) is 19.7 Å². The van der Waals surface area contributed by atoms with E-state index in [1.165, 1.54) is 29.2 Å². The number of ether oxygens (including phenoxy) is 1. The van der Waals surface area contributed by atoms with Crippen molar-refractivity contribution >= 4 is 17.5 Å². The predicted octanol–water partition coefficient (Wildman–Crippen LogP) is 3.64. The standard InChI is InChI=1S/C23H29N3O6/c1-23(2,3)25(22(28)17-8-10-18(11-9-17)26(29)30)16-21(27)24(14-19-6-4-12-31-19)15-20-7-5-13-32-20/h4,6,8-12,20H,5,7,13-16H2,1-3H3/t20-/m1/s1. The van der Waals surface area contributed by atoms with Crippen LogP contribution in [0, 0.1) is 10.1 Å². The van der Waals surface area contributed by atoms with Gasteiger partial charge in [-0.05, 0) is 57.9 Å². The van der Waals surface area contributed by atoms with Gasteiger partial charge in [-0.2, -0.15) is 0 Å². The molecule has 32 heavy (non-hydrogen) atoms. The van der Waals surface area contributed by atoms with Crippen molar-refractivity contribution in [2.24, 2.45) is 0 Å². The largest absolute Gasteiger partial charge is 0.467 e. The van der Waals surface area contributed by atoms with E-state index in [0.717, 1.165) is 12.8 Å². The molecule has 0 aliphatic carbocycles. The summed E-state index contributed by atoms with van der Waals surface area (Å²) >= 11 is 0. The molecule has 0 radical (unpaired) electrons. The van der Waals surface area contributed by atoms with Crippen LogP contribution in [0.2, 0.25) is 0 Å². The lowest BCUT2D eigenvalue weighted by Crippen LogP contribution is -2.51. The third-order valence-corrected chi connectivity index (χ3v) is 5.40. The number of carbonyl (C=O) groups excluding carboxylic acids is 2. The van der Waals surface area contributed by atoms with Crippen LogP contribution in [-0.4, -0.2) is 57.9 Å². The second-order valence-electron chi connectivity index (χ2n) is 8.85. The number of hydrogen-bond donors (Lipinski definition) is 0. The molecule has 1 aromatic heterocycles. The van der Waals surface area contributed by atoms with Gasteiger partial charge in [0.05, 0.1) is 23.8 Å². The Labute approximate surface area is 187 Å². The highest BCUT2D eigenvalue weighted by Crippen LogP contribution is 2.21. The molecule has 1 aliphatic rings. The van der Waals surface area contributed by atoms with Gasteiger partial charge in [-0.25, -0.2) is 0 Å². The van der Waals surface area contributed by atoms with Crippen LogP contribution in [-0.2, 0) is 16.1 Å². The van der Waals surface area contributed by atoms with E-state index in [0.29, 0.717) is 18.9 Å². The first-order valence-corrected chi connectivity index (χ1v) is 10.6. The molecule has 3 rings (SSSR count). The first-order chi connectivity index (χ1) is 15.1. The maximum atomic E-state index is 13.3. The zero-order valence-corrected chi connectivity index (χ0v) is 18.7. The van der Waals surface area contributed by atoms with Gasteiger partial charge in [0.25, 0.3) is 11.6 Å². The third-order valence-electron chi connectivity index (χ3n) is 5.40. The first kappa shape index (κ1) is 23.5. The highest BCUT2D eigenvalue weighted by molar-refractivity contribution is 5.97. The molecule has 172 valence electrons. The molecular formula is C23H29N3O6. The fourth-order valence-corrected chi connectivity index (χ4v) is 3.61. The van der Waals surface area contributed by atoms with Crippen LogP contribution in [0.15, 0.2) is 47.1 Å². The minimum Gasteiger partial charge on any atom is -0.467 e. The van der Waals surface area contributed by atoms with Crippen LogP contribution in [0.1, 0.15) is 49.7 Å². The monoisotopic (exact) mass is 443 g/mol. The Morgan fingerprint density at radius 1 is 1.19 bits per heavy atom. The smallest absolute Gasteiger partial charge is 0.269 e. The lowest BCUT2D eigenvalue weighted by Gasteiger charge is -2.37. The normalized spacial score (nSPS) is 16.0. The number of nitrogens with zero attached hydrogens (tertiary/aromatic N) is 3. The van der Waals surface area contributed by atoms with Crippen LogP contribution in [0.5, 0.6) is 0 Å². The van der Waals surface area contributed by atoms with Crippen molar-refractivity contribution in [3.63, 3.8) is 0 Å². The van der Waals surface area contributed by atoms with Crippen molar-refractivity contribution in [1.82, 2.24) is 9.80 Å². The molecule has 0 spiro atoms. The number of nitro benzene ring substituents is 1. The number of hydrogen-bond acceptors (Lipinski definition) is 6. The maximum absolute atomic E-state index is 13.3. The van der Waals surface area contributed by atoms with Gasteiger partial charge in [0.15, 0.2) is 0 Å². The molecule has 2 amide bonds. The summed E-state index contributed by atoms with van der Waals surface area (Å²) < 4.78 is 11.1. The highest BCUT2D eigenvalue weighted by atomic mass is 16.6. The van der Waals surface area contributed by atoms with Gasteiger partial charge in [-0.15, -0.1) is 0 Å². The Balaban J connectivity index is 1.78. The second kappa shape index (κ2) is 9.95. The molecule has 1 aliphatic heterocycles. The van der Waals surface area contributed by atoms with Gasteiger partial charge >= 0.3 is 0 Å². The van der Waals surface area contributed by atoms with Gasteiger partial charge in [0.2, 0.25) is 5.91 Å². The van der Waals surface area contributed by atoms with Crippen LogP contribution in [0.3, 0.4) is 0 Å². The average molecular weight is 444 g/mol. The number of amides is 2. The van der Waals surface area contributed by atoms with Crippen molar-refractivity contribution < 1.29 is 23.7 Å². The van der Waals surface area contributed by atoms with Gasteiger partial charge in [0.1, 0.15) is 12.3 Å². The zero-order chi connectivity index (χ0) is 23.3. The summed E-state index contributed by atoms with van der Waals surface area (Å²) in [5.41, 5.74) is -0.453. The van der Waals surface area contributed by atoms with E-state index in [9.17, 15) is 19.7 Å². The van der Waals surface area contributed by atoms with Crippen molar-refractivity contribution in [1.29, 1.82) is 0 Å². The summed E-state index contributed by atoms with van der Waals surface area (Å²) in [6.45, 7) is 6.80. The lowest BCUT2D eigenvalue weighted by atomic mass is 10.0. The molecule has 1 atom stereocenters. The highest BCUT2D eigenvalue weighted by Gasteiger charge is 2.32. The Kier molecular flexibility index (Phi) is 7.29. The van der Waals surface area contributed by atoms with Crippen molar-refractivity contribution in [3.8, 4) is 0 Å². The third kappa shape index (κ3) is 5.94. The Hall–Kier alpha value is -3.20. The maximum Gasteiger partial charge on any atom is 0.269 e. The number of non-ortho nitro benzene ring substituents is 1. The number of furan rings is 1. The lowest BCUT2D eigenvalue weighted by molar-refractivity contribution is -0.384. The number of carbonyl (C=O) groups is 2. The predicted molar refractivity (Wildman–Crippen MR) is 117 cm³/mol. The second-order valence-corrected chi connectivity index (χ2v) is 8.85. The zero-order valence-electron chi connectivity index (χ0n) is 18.7. The molecule has 0 unspecified atom stereocenters. The molecule has 0 saturated carbocycles. The van der Waals surface area contributed by atoms with Gasteiger partial charge in [-0.3, -0.25) is 19.7 Å². The molecule has 9 heteroatoms. The quantitative estimate of drug-likeness (QED) is 0.456. The van der Waals surface area contributed by atoms with E-state index in [1.54, 1.807) is 23.3 Å². The summed E-state index contributed by atoms with van der Waals surface area (Å²) in [6.07, 6.45) is 3.36. The molecule has 1 fully saturated rings. The number of benzene rings is 1. The summed E-state index contributed by atoms with van der Waals surface area (Å²) in [5.74, 6) is 0.0678. The van der Waals surface area contributed by atoms with Crippen molar-refractivity contribution in [2.45, 2.75) is 51.8 Å². The van der Waals surface area contributed by atoms with Gasteiger partial charge in [0, 0.05) is 36.4 Å². The molecule has 2 aromatic rings. The first-order valence-electron chi connectivity index (χ1n) is 10.6. The number of rotatable bonds is 8. The minimum absolute atomic E-state index is 0.0395. The van der Waals surface area contributed by atoms with E-state index >= 15 is 0 Å². The molecule has 0 N–H and O–H groups in total. The summed E-state index contributed by atoms with van der Waals surface area (Å²) in [4.78, 5) is 40.1. The van der Waals surface area contributed by atoms with E-state index in [4.69, 9.17) is 9.15 Å². The summed E-state index contributed by atoms with van der Waals surface area (Å²) in [6, 6.07) is 8.98. The number of nitro groups is 1. The minimum atomic E-state index is -0.644. The van der Waals surface area contributed by atoms with Crippen LogP contribution >= 0.6 is 0 Å². The van der Waals surface area contributed by atoms with Crippen LogP contribution in [0.25, 0.3) is 0 Å². The fraction of sp³-hybridized carbons (Fsp3) is 0.478. The fourth-order valence-electron chi connectivity index (χ4n) is 3.61. The molecule has 9 nitrogen and oxygen atoms in total. The molecule has 1 aromatic carbocycles.